The molecule has 0 fully saturated rings. The zero-order chi connectivity index (χ0) is 23.8. The van der Waals surface area contributed by atoms with E-state index in [2.05, 4.69) is 71.2 Å². The first kappa shape index (κ1) is 23.0. The van der Waals surface area contributed by atoms with Crippen molar-refractivity contribution in [2.24, 2.45) is 5.73 Å². The Morgan fingerprint density at radius 1 is 1.00 bits per heavy atom. The van der Waals surface area contributed by atoms with Crippen LogP contribution in [0, 0.1) is 0 Å². The fourth-order valence-corrected chi connectivity index (χ4v) is 5.39. The molecule has 0 amide bonds. The topological polar surface area (TPSA) is 78.9 Å². The average Bonchev–Trinajstić information content (AvgIpc) is 3.43. The summed E-state index contributed by atoms with van der Waals surface area (Å²) in [5.74, 6) is 1.09. The van der Waals surface area contributed by atoms with Crippen molar-refractivity contribution in [3.63, 3.8) is 0 Å². The maximum absolute atomic E-state index is 6.37. The van der Waals surface area contributed by atoms with Gasteiger partial charge in [0.2, 0.25) is 0 Å². The highest BCUT2D eigenvalue weighted by molar-refractivity contribution is 8.32. The van der Waals surface area contributed by atoms with Gasteiger partial charge in [0, 0.05) is 35.0 Å². The highest BCUT2D eigenvalue weighted by Gasteiger charge is 2.39. The minimum absolute atomic E-state index is 0.180. The van der Waals surface area contributed by atoms with E-state index >= 15 is 0 Å². The van der Waals surface area contributed by atoms with E-state index in [1.54, 1.807) is 6.33 Å². The van der Waals surface area contributed by atoms with Gasteiger partial charge in [-0.1, -0.05) is 30.3 Å². The van der Waals surface area contributed by atoms with Gasteiger partial charge in [0.1, 0.15) is 24.4 Å². The lowest BCUT2D eigenvalue weighted by Gasteiger charge is -2.27. The molecule has 5 rings (SSSR count). The van der Waals surface area contributed by atoms with Crippen LogP contribution in [0.3, 0.4) is 0 Å². The summed E-state index contributed by atoms with van der Waals surface area (Å²) < 4.78 is 7.99. The number of hydrogen-bond donors (Lipinski definition) is 1. The molecule has 0 spiro atoms. The Bertz CT molecular complexity index is 1280. The van der Waals surface area contributed by atoms with Crippen LogP contribution in [0.5, 0.6) is 0 Å². The van der Waals surface area contributed by atoms with E-state index in [1.807, 2.05) is 16.8 Å². The van der Waals surface area contributed by atoms with Crippen molar-refractivity contribution in [2.45, 2.75) is 25.0 Å². The summed E-state index contributed by atoms with van der Waals surface area (Å²) >= 11 is 0. The van der Waals surface area contributed by atoms with Gasteiger partial charge in [-0.2, -0.15) is 0 Å². The quantitative estimate of drug-likeness (QED) is 0.387. The fourth-order valence-electron chi connectivity index (χ4n) is 4.77. The fraction of sp³-hybridized carbons (Fsp3) is 0.370. The Labute approximate surface area is 202 Å². The minimum atomic E-state index is -0.563. The lowest BCUT2D eigenvalue weighted by Crippen LogP contribution is -2.37. The van der Waals surface area contributed by atoms with Crippen LogP contribution in [0.25, 0.3) is 22.4 Å². The van der Waals surface area contributed by atoms with E-state index in [9.17, 15) is 0 Å². The van der Waals surface area contributed by atoms with E-state index in [0.717, 1.165) is 53.3 Å². The van der Waals surface area contributed by atoms with Crippen LogP contribution in [0.2, 0.25) is 0 Å². The Morgan fingerprint density at radius 2 is 1.76 bits per heavy atom. The number of pyridine rings is 1. The van der Waals surface area contributed by atoms with Crippen LogP contribution in [-0.4, -0.2) is 57.2 Å². The van der Waals surface area contributed by atoms with Crippen molar-refractivity contribution in [3.05, 3.63) is 77.9 Å². The third-order valence-electron chi connectivity index (χ3n) is 6.73. The molecule has 0 bridgehead atoms. The Hall–Kier alpha value is -2.74. The van der Waals surface area contributed by atoms with Crippen molar-refractivity contribution in [2.75, 3.05) is 37.7 Å². The Balaban J connectivity index is 1.43. The summed E-state index contributed by atoms with van der Waals surface area (Å²) in [6.45, 7) is 1.79. The molecule has 1 aliphatic carbocycles. The molecule has 1 aliphatic rings. The van der Waals surface area contributed by atoms with Crippen LogP contribution >= 0.6 is 10.0 Å². The number of nitrogens with zero attached hydrogens (tertiary/aromatic N) is 4. The number of fused-ring (bicyclic) bond motifs is 2. The first-order valence-corrected chi connectivity index (χ1v) is 14.7. The van der Waals surface area contributed by atoms with Gasteiger partial charge in [-0.15, -0.1) is 0 Å². The van der Waals surface area contributed by atoms with Crippen LogP contribution in [0.1, 0.15) is 16.8 Å². The smallest absolute Gasteiger partial charge is 0.145 e. The molecule has 0 radical (unpaired) electrons. The summed E-state index contributed by atoms with van der Waals surface area (Å²) in [6, 6.07) is 16.9. The number of hydrogen-bond acceptors (Lipinski definition) is 5. The number of benzene rings is 1. The summed E-state index contributed by atoms with van der Waals surface area (Å²) in [6.07, 6.45) is 12.4. The molecule has 2 N–H and O–H groups in total. The molecule has 6 nitrogen and oxygen atoms in total. The molecule has 178 valence electrons. The molecule has 0 saturated heterocycles. The molecule has 0 unspecified atom stereocenters. The molecule has 3 heterocycles. The van der Waals surface area contributed by atoms with Crippen LogP contribution in [-0.2, 0) is 29.7 Å². The number of ether oxygens (including phenoxy) is 1. The van der Waals surface area contributed by atoms with Gasteiger partial charge >= 0.3 is 0 Å². The third kappa shape index (κ3) is 4.48. The predicted molar refractivity (Wildman–Crippen MR) is 142 cm³/mol. The molecule has 34 heavy (non-hydrogen) atoms. The van der Waals surface area contributed by atoms with Crippen molar-refractivity contribution < 1.29 is 4.74 Å². The zero-order valence-electron chi connectivity index (χ0n) is 20.2. The van der Waals surface area contributed by atoms with Crippen LogP contribution in [0.15, 0.2) is 61.1 Å². The number of nitrogens with two attached hydrogens (primary N) is 1. The van der Waals surface area contributed by atoms with Crippen molar-refractivity contribution in [1.29, 1.82) is 0 Å². The third-order valence-corrected chi connectivity index (χ3v) is 8.12. The molecule has 4 aromatic rings. The molecular formula is C27H33N5OS. The summed E-state index contributed by atoms with van der Waals surface area (Å²) in [5, 5.41) is 0.980. The van der Waals surface area contributed by atoms with E-state index in [0.29, 0.717) is 13.3 Å². The Kier molecular flexibility index (Phi) is 6.18. The second kappa shape index (κ2) is 9.13. The van der Waals surface area contributed by atoms with E-state index in [-0.39, 0.29) is 5.41 Å². The summed E-state index contributed by atoms with van der Waals surface area (Å²) in [4.78, 5) is 14.3. The van der Waals surface area contributed by atoms with Crippen molar-refractivity contribution in [3.8, 4) is 11.4 Å². The second-order valence-electron chi connectivity index (χ2n) is 10.1. The molecule has 0 saturated carbocycles. The van der Waals surface area contributed by atoms with Crippen LogP contribution < -0.4 is 5.73 Å². The van der Waals surface area contributed by atoms with Gasteiger partial charge in [0.05, 0.1) is 12.3 Å². The molecule has 7 heteroatoms. The summed E-state index contributed by atoms with van der Waals surface area (Å²) in [7, 11) is -0.563. The Morgan fingerprint density at radius 3 is 2.47 bits per heavy atom. The molecule has 1 aromatic carbocycles. The van der Waals surface area contributed by atoms with Gasteiger partial charge in [-0.3, -0.25) is 4.98 Å². The molecule has 0 aliphatic heterocycles. The van der Waals surface area contributed by atoms with Crippen molar-refractivity contribution in [1.82, 2.24) is 19.5 Å². The largest absolute Gasteiger partial charge is 0.360 e. The average molecular weight is 476 g/mol. The van der Waals surface area contributed by atoms with E-state index < -0.39 is 10.0 Å². The lowest BCUT2D eigenvalue weighted by atomic mass is 9.81. The normalized spacial score (nSPS) is 15.5. The standard InChI is InChI=1S/C27H33N5OS/c1-34(2,3)14-13-33-19-32-12-11-22-25(29-18-30-26(22)32)23-9-6-10-24(31-23)27(17-28)15-20-7-4-5-8-21(20)16-27/h4-12,18H,13-17,19,28H2,1-3H3. The zero-order valence-corrected chi connectivity index (χ0v) is 21.0. The van der Waals surface area contributed by atoms with E-state index in [4.69, 9.17) is 15.5 Å². The van der Waals surface area contributed by atoms with Crippen molar-refractivity contribution >= 4 is 21.1 Å². The maximum Gasteiger partial charge on any atom is 0.145 e. The van der Waals surface area contributed by atoms with Gasteiger partial charge in [0.25, 0.3) is 0 Å². The van der Waals surface area contributed by atoms with Crippen LogP contribution in [0.4, 0.5) is 0 Å². The molecular weight excluding hydrogens is 442 g/mol. The van der Waals surface area contributed by atoms with Gasteiger partial charge in [-0.25, -0.2) is 20.0 Å². The second-order valence-corrected chi connectivity index (χ2v) is 14.7. The predicted octanol–water partition coefficient (Wildman–Crippen LogP) is 4.16. The van der Waals surface area contributed by atoms with Gasteiger partial charge in [0.15, 0.2) is 0 Å². The number of aromatic nitrogens is 4. The molecule has 3 aromatic heterocycles. The SMILES string of the molecule is CS(C)(C)CCOCn1ccc2c(-c3cccc(C4(CN)Cc5ccccc5C4)n3)ncnc21. The highest BCUT2D eigenvalue weighted by atomic mass is 32.3. The monoisotopic (exact) mass is 475 g/mol. The highest BCUT2D eigenvalue weighted by Crippen LogP contribution is 2.39. The first-order chi connectivity index (χ1) is 16.4. The first-order valence-electron chi connectivity index (χ1n) is 11.7. The minimum Gasteiger partial charge on any atom is -0.360 e. The molecule has 0 atom stereocenters. The maximum atomic E-state index is 6.37. The summed E-state index contributed by atoms with van der Waals surface area (Å²) in [5.41, 5.74) is 12.5. The van der Waals surface area contributed by atoms with Gasteiger partial charge in [-0.05, 0) is 60.9 Å². The number of rotatable bonds is 8. The lowest BCUT2D eigenvalue weighted by molar-refractivity contribution is 0.0923. The van der Waals surface area contributed by atoms with E-state index in [1.165, 1.54) is 11.1 Å². The van der Waals surface area contributed by atoms with Gasteiger partial charge < -0.3 is 15.0 Å².